The largest absolute Gasteiger partial charge is 0.511 e. The van der Waals surface area contributed by atoms with Gasteiger partial charge in [-0.25, -0.2) is 0 Å². The van der Waals surface area contributed by atoms with Crippen LogP contribution in [-0.4, -0.2) is 80.5 Å². The standard InChI is InChI=1S/C35H44N3O6P/c1-34(2)10-12-38(13-11-34)17-18-6-5-7-19(14-18)21-8-9-24(39)26-22(21)15-20-16-23-27(31(41)25(20)30(26)40)35(44,45)28(33(36)43)32(42)29(23)37(3)4/h5-9,14,20,23,27,29,39,41-42,44H,10-13,15-17,45H2,1-4H3,(H2,36,43)/t20?,23?,27?,29-,35?/m0/s1. The Morgan fingerprint density at radius 2 is 1.78 bits per heavy atom. The highest BCUT2D eigenvalue weighted by Gasteiger charge is 2.59. The molecule has 0 bridgehead atoms. The zero-order chi connectivity index (χ0) is 32.6. The number of fused-ring (bicyclic) bond motifs is 3. The fourth-order valence-electron chi connectivity index (χ4n) is 8.32. The number of hydrogen-bond acceptors (Lipinski definition) is 8. The zero-order valence-corrected chi connectivity index (χ0v) is 27.5. The van der Waals surface area contributed by atoms with Crippen LogP contribution in [0.4, 0.5) is 0 Å². The summed E-state index contributed by atoms with van der Waals surface area (Å²) in [5.41, 5.74) is 9.54. The number of benzene rings is 2. The van der Waals surface area contributed by atoms with Crippen LogP contribution in [0.25, 0.3) is 11.1 Å². The minimum Gasteiger partial charge on any atom is -0.511 e. The van der Waals surface area contributed by atoms with Gasteiger partial charge in [-0.3, -0.25) is 19.4 Å². The van der Waals surface area contributed by atoms with Crippen molar-refractivity contribution in [1.29, 1.82) is 0 Å². The molecule has 10 heteroatoms. The molecule has 1 heterocycles. The van der Waals surface area contributed by atoms with E-state index < -0.39 is 46.4 Å². The van der Waals surface area contributed by atoms with Gasteiger partial charge in [-0.15, -0.1) is 0 Å². The van der Waals surface area contributed by atoms with Crippen molar-refractivity contribution in [3.8, 4) is 16.9 Å². The van der Waals surface area contributed by atoms with Crippen LogP contribution in [0, 0.1) is 23.2 Å². The summed E-state index contributed by atoms with van der Waals surface area (Å²) < 4.78 is 0. The zero-order valence-electron chi connectivity index (χ0n) is 26.4. The van der Waals surface area contributed by atoms with Crippen molar-refractivity contribution in [3.63, 3.8) is 0 Å². The van der Waals surface area contributed by atoms with E-state index in [1.54, 1.807) is 19.0 Å². The van der Waals surface area contributed by atoms with Gasteiger partial charge in [-0.1, -0.05) is 47.4 Å². The predicted molar refractivity (Wildman–Crippen MR) is 176 cm³/mol. The molecule has 9 nitrogen and oxygen atoms in total. The summed E-state index contributed by atoms with van der Waals surface area (Å²) in [5.74, 6) is -4.40. The lowest BCUT2D eigenvalue weighted by Gasteiger charge is -2.52. The van der Waals surface area contributed by atoms with Crippen LogP contribution in [0.2, 0.25) is 0 Å². The number of aliphatic hydroxyl groups excluding tert-OH is 2. The average Bonchev–Trinajstić information content (AvgIpc) is 2.93. The van der Waals surface area contributed by atoms with Gasteiger partial charge in [0.2, 0.25) is 0 Å². The fraction of sp³-hybridized carbons (Fsp3) is 0.486. The fourth-order valence-corrected chi connectivity index (χ4v) is 9.02. The molecule has 4 aliphatic rings. The quantitative estimate of drug-likeness (QED) is 0.307. The highest BCUT2D eigenvalue weighted by atomic mass is 31.0. The molecule has 45 heavy (non-hydrogen) atoms. The molecule has 6 N–H and O–H groups in total. The summed E-state index contributed by atoms with van der Waals surface area (Å²) in [6, 6.07) is 11.0. The second kappa shape index (κ2) is 11.2. The Morgan fingerprint density at radius 3 is 2.42 bits per heavy atom. The van der Waals surface area contributed by atoms with Gasteiger partial charge >= 0.3 is 0 Å². The molecule has 0 radical (unpaired) electrons. The molecular formula is C35H44N3O6P. The van der Waals surface area contributed by atoms with Crippen LogP contribution >= 0.6 is 9.24 Å². The second-order valence-electron chi connectivity index (χ2n) is 14.4. The highest BCUT2D eigenvalue weighted by Crippen LogP contribution is 2.57. The van der Waals surface area contributed by atoms with Gasteiger partial charge in [0.05, 0.1) is 23.1 Å². The first kappa shape index (κ1) is 31.7. The van der Waals surface area contributed by atoms with Gasteiger partial charge < -0.3 is 26.2 Å². The van der Waals surface area contributed by atoms with E-state index in [9.17, 15) is 30.0 Å². The number of aromatic hydroxyl groups is 1. The van der Waals surface area contributed by atoms with Gasteiger partial charge in [0.25, 0.3) is 5.91 Å². The summed E-state index contributed by atoms with van der Waals surface area (Å²) in [6.45, 7) is 7.58. The van der Waals surface area contributed by atoms with Crippen LogP contribution in [0.3, 0.4) is 0 Å². The summed E-state index contributed by atoms with van der Waals surface area (Å²) in [6.07, 6.45) is 3.05. The highest BCUT2D eigenvalue weighted by molar-refractivity contribution is 7.19. The number of primary amides is 1. The summed E-state index contributed by atoms with van der Waals surface area (Å²) in [5, 5.41) is 43.4. The van der Waals surface area contributed by atoms with Crippen molar-refractivity contribution in [1.82, 2.24) is 9.80 Å². The maximum atomic E-state index is 14.2. The van der Waals surface area contributed by atoms with Crippen molar-refractivity contribution in [2.24, 2.45) is 28.9 Å². The molecule has 2 aromatic carbocycles. The number of rotatable bonds is 5. The lowest BCUT2D eigenvalue weighted by atomic mass is 9.60. The Kier molecular flexibility index (Phi) is 7.92. The number of likely N-dealkylation sites (tertiary alicyclic amines) is 1. The summed E-state index contributed by atoms with van der Waals surface area (Å²) in [4.78, 5) is 30.8. The molecular weight excluding hydrogens is 589 g/mol. The number of nitrogens with two attached hydrogens (primary N) is 1. The van der Waals surface area contributed by atoms with Crippen LogP contribution in [-0.2, 0) is 17.8 Å². The molecule has 3 aliphatic carbocycles. The normalized spacial score (nSPS) is 29.8. The second-order valence-corrected chi connectivity index (χ2v) is 15.3. The first-order chi connectivity index (χ1) is 21.1. The van der Waals surface area contributed by atoms with E-state index in [4.69, 9.17) is 5.73 Å². The van der Waals surface area contributed by atoms with Gasteiger partial charge in [0, 0.05) is 12.1 Å². The van der Waals surface area contributed by atoms with Gasteiger partial charge in [-0.05, 0) is 105 Å². The van der Waals surface area contributed by atoms with E-state index >= 15 is 0 Å². The van der Waals surface area contributed by atoms with Crippen LogP contribution in [0.1, 0.15) is 54.6 Å². The SMILES string of the molecule is CN(C)[C@@H]1C(O)=C(C(N)=O)C(O)(P)C2C(O)=C3C(=O)c4c(O)ccc(-c5cccc(CN6CCC(C)(C)CC6)c5)c4CC3CC21. The number of likely N-dealkylation sites (N-methyl/N-ethyl adjacent to an activating group) is 1. The molecule has 1 amide bonds. The van der Waals surface area contributed by atoms with Gasteiger partial charge in [0.15, 0.2) is 5.78 Å². The molecule has 0 saturated carbocycles. The Morgan fingerprint density at radius 1 is 1.09 bits per heavy atom. The molecule has 0 spiro atoms. The number of carbonyl (C=O) groups excluding carboxylic acids is 2. The molecule has 5 unspecified atom stereocenters. The van der Waals surface area contributed by atoms with Crippen molar-refractivity contribution in [3.05, 3.63) is 75.8 Å². The number of aliphatic hydroxyl groups is 3. The number of amides is 1. The van der Waals surface area contributed by atoms with E-state index in [2.05, 4.69) is 40.1 Å². The third-order valence-electron chi connectivity index (χ3n) is 10.6. The minimum absolute atomic E-state index is 0.126. The third-order valence-corrected chi connectivity index (χ3v) is 11.3. The summed E-state index contributed by atoms with van der Waals surface area (Å²) in [7, 11) is 5.66. The molecule has 1 fully saturated rings. The third kappa shape index (κ3) is 5.28. The topological polar surface area (TPSA) is 148 Å². The average molecular weight is 634 g/mol. The molecule has 6 atom stereocenters. The van der Waals surface area contributed by atoms with Crippen molar-refractivity contribution >= 4 is 20.9 Å². The number of phenolic OH excluding ortho intramolecular Hbond substituents is 1. The molecule has 2 aromatic rings. The predicted octanol–water partition coefficient (Wildman–Crippen LogP) is 4.29. The Labute approximate surface area is 266 Å². The molecule has 1 aliphatic heterocycles. The van der Waals surface area contributed by atoms with E-state index in [0.717, 1.165) is 43.6 Å². The van der Waals surface area contributed by atoms with Crippen LogP contribution < -0.4 is 5.73 Å². The van der Waals surface area contributed by atoms with E-state index in [-0.39, 0.29) is 28.4 Å². The maximum Gasteiger partial charge on any atom is 0.251 e. The number of hydrogen-bond donors (Lipinski definition) is 5. The molecule has 6 rings (SSSR count). The van der Waals surface area contributed by atoms with Gasteiger partial charge in [-0.2, -0.15) is 0 Å². The molecule has 240 valence electrons. The Bertz CT molecular complexity index is 1630. The number of carbonyl (C=O) groups is 2. The van der Waals surface area contributed by atoms with Crippen molar-refractivity contribution in [2.45, 2.75) is 57.5 Å². The number of nitrogens with zero attached hydrogens (tertiary/aromatic N) is 2. The first-order valence-corrected chi connectivity index (χ1v) is 16.3. The lowest BCUT2D eigenvalue weighted by molar-refractivity contribution is -0.118. The minimum atomic E-state index is -2.09. The molecule has 0 aromatic heterocycles. The maximum absolute atomic E-state index is 14.2. The van der Waals surface area contributed by atoms with E-state index in [1.807, 2.05) is 18.2 Å². The summed E-state index contributed by atoms with van der Waals surface area (Å²) >= 11 is 0. The van der Waals surface area contributed by atoms with Crippen molar-refractivity contribution in [2.75, 3.05) is 27.2 Å². The first-order valence-electron chi connectivity index (χ1n) is 15.7. The monoisotopic (exact) mass is 633 g/mol. The smallest absolute Gasteiger partial charge is 0.251 e. The van der Waals surface area contributed by atoms with Crippen LogP contribution in [0.5, 0.6) is 5.75 Å². The lowest BCUT2D eigenvalue weighted by Crippen LogP contribution is -2.58. The van der Waals surface area contributed by atoms with Gasteiger partial charge in [0.1, 0.15) is 22.6 Å². The number of Topliss-reactive ketones (excluding diaryl/α,β-unsaturated/α-hetero) is 1. The Balaban J connectivity index is 1.40. The number of piperidine rings is 1. The van der Waals surface area contributed by atoms with E-state index in [0.29, 0.717) is 23.8 Å². The molecule has 1 saturated heterocycles. The van der Waals surface area contributed by atoms with E-state index in [1.165, 1.54) is 11.6 Å². The number of ketones is 1. The van der Waals surface area contributed by atoms with Crippen LogP contribution in [0.15, 0.2) is 59.1 Å². The van der Waals surface area contributed by atoms with Crippen molar-refractivity contribution < 1.29 is 30.0 Å². The number of allylic oxidation sites excluding steroid dienone is 1. The number of phenols is 1. The Hall–Kier alpha value is -3.23.